The summed E-state index contributed by atoms with van der Waals surface area (Å²) >= 11 is 0. The van der Waals surface area contributed by atoms with Crippen LogP contribution in [0.25, 0.3) is 0 Å². The molecule has 2 N–H and O–H groups in total. The summed E-state index contributed by atoms with van der Waals surface area (Å²) in [5.41, 5.74) is 2.41. The molecule has 1 aliphatic carbocycles. The Kier molecular flexibility index (Phi) is 6.29. The number of ether oxygens (including phenoxy) is 1. The summed E-state index contributed by atoms with van der Waals surface area (Å²) in [4.78, 5) is 61.3. The normalized spacial score (nSPS) is 20.0. The number of carbonyl (C=O) groups excluding carboxylic acids is 5. The summed E-state index contributed by atoms with van der Waals surface area (Å²) in [6.45, 7) is 2.48. The fraction of sp³-hybridized carbons (Fsp3) is 0.381. The lowest BCUT2D eigenvalue weighted by Gasteiger charge is -2.14. The molecule has 1 heterocycles. The minimum atomic E-state index is -0.895. The Morgan fingerprint density at radius 1 is 1.07 bits per heavy atom. The average Bonchev–Trinajstić information content (AvgIpc) is 2.94. The summed E-state index contributed by atoms with van der Waals surface area (Å²) in [5, 5.41) is 4.60. The summed E-state index contributed by atoms with van der Waals surface area (Å²) in [6.07, 6.45) is 4.64. The molecule has 9 heteroatoms. The van der Waals surface area contributed by atoms with Gasteiger partial charge in [0, 0.05) is 5.69 Å². The number of imide groups is 2. The van der Waals surface area contributed by atoms with E-state index < -0.39 is 54.7 Å². The molecule has 5 amide bonds. The molecule has 2 aliphatic rings. The number of fused-ring (bicyclic) bond motifs is 1. The van der Waals surface area contributed by atoms with Crippen molar-refractivity contribution in [2.75, 3.05) is 18.5 Å². The molecule has 1 fully saturated rings. The van der Waals surface area contributed by atoms with E-state index in [2.05, 4.69) is 10.6 Å². The van der Waals surface area contributed by atoms with Gasteiger partial charge in [-0.05, 0) is 38.3 Å². The molecule has 0 bridgehead atoms. The minimum Gasteiger partial charge on any atom is -0.454 e. The Bertz CT molecular complexity index is 913. The molecule has 30 heavy (non-hydrogen) atoms. The quantitative estimate of drug-likeness (QED) is 0.428. The molecule has 3 rings (SSSR count). The maximum absolute atomic E-state index is 12.3. The van der Waals surface area contributed by atoms with Crippen LogP contribution in [-0.4, -0.2) is 47.8 Å². The van der Waals surface area contributed by atoms with E-state index in [1.54, 1.807) is 6.07 Å². The van der Waals surface area contributed by atoms with Gasteiger partial charge in [0.1, 0.15) is 6.54 Å². The molecule has 1 aromatic rings. The molecule has 1 aromatic carbocycles. The first-order valence-electron chi connectivity index (χ1n) is 9.60. The van der Waals surface area contributed by atoms with Crippen LogP contribution in [0.1, 0.15) is 24.0 Å². The number of nitrogens with zero attached hydrogens (tertiary/aromatic N) is 1. The molecule has 1 saturated heterocycles. The van der Waals surface area contributed by atoms with Crippen molar-refractivity contribution < 1.29 is 28.7 Å². The molecule has 0 spiro atoms. The number of hydrogen-bond acceptors (Lipinski definition) is 6. The molecule has 0 saturated carbocycles. The number of anilines is 1. The van der Waals surface area contributed by atoms with Gasteiger partial charge >= 0.3 is 12.0 Å². The van der Waals surface area contributed by atoms with Gasteiger partial charge in [0.15, 0.2) is 6.61 Å². The smallest absolute Gasteiger partial charge is 0.326 e. The van der Waals surface area contributed by atoms with E-state index in [4.69, 9.17) is 4.74 Å². The lowest BCUT2D eigenvalue weighted by Crippen LogP contribution is -2.40. The molecular weight excluding hydrogens is 390 g/mol. The summed E-state index contributed by atoms with van der Waals surface area (Å²) in [7, 11) is 0. The molecule has 2 atom stereocenters. The zero-order chi connectivity index (χ0) is 21.8. The van der Waals surface area contributed by atoms with Gasteiger partial charge < -0.3 is 10.1 Å². The predicted molar refractivity (Wildman–Crippen MR) is 106 cm³/mol. The number of urea groups is 1. The Morgan fingerprint density at radius 3 is 2.30 bits per heavy atom. The Hall–Kier alpha value is -3.49. The van der Waals surface area contributed by atoms with Crippen LogP contribution in [0, 0.1) is 25.7 Å². The van der Waals surface area contributed by atoms with Crippen LogP contribution in [0.3, 0.4) is 0 Å². The number of benzene rings is 1. The van der Waals surface area contributed by atoms with Gasteiger partial charge in [-0.2, -0.15) is 0 Å². The van der Waals surface area contributed by atoms with E-state index in [0.29, 0.717) is 18.5 Å². The van der Waals surface area contributed by atoms with Gasteiger partial charge in [0.25, 0.3) is 5.91 Å². The Labute approximate surface area is 173 Å². The average molecular weight is 413 g/mol. The first-order valence-corrected chi connectivity index (χ1v) is 9.60. The van der Waals surface area contributed by atoms with E-state index in [1.165, 1.54) is 0 Å². The molecule has 0 radical (unpaired) electrons. The molecule has 1 aliphatic heterocycles. The van der Waals surface area contributed by atoms with Crippen molar-refractivity contribution in [3.63, 3.8) is 0 Å². The maximum Gasteiger partial charge on any atom is 0.326 e. The van der Waals surface area contributed by atoms with Gasteiger partial charge in [0.2, 0.25) is 11.8 Å². The largest absolute Gasteiger partial charge is 0.454 e. The van der Waals surface area contributed by atoms with Gasteiger partial charge in [-0.15, -0.1) is 0 Å². The molecule has 0 aromatic heterocycles. The highest BCUT2D eigenvalue weighted by atomic mass is 16.5. The topological polar surface area (TPSA) is 122 Å². The molecule has 158 valence electrons. The van der Waals surface area contributed by atoms with Gasteiger partial charge in [-0.25, -0.2) is 4.79 Å². The monoisotopic (exact) mass is 413 g/mol. The van der Waals surface area contributed by atoms with Crippen molar-refractivity contribution in [3.05, 3.63) is 41.5 Å². The maximum atomic E-state index is 12.3. The van der Waals surface area contributed by atoms with Crippen LogP contribution >= 0.6 is 0 Å². The SMILES string of the molecule is Cc1ccc(NC(=O)NC(=O)COC(=O)CN2C(=O)[C@H]3CC=CC[C@@H]3C2=O)c(C)c1. The standard InChI is InChI=1S/C21H23N3O6/c1-12-7-8-16(13(2)9-12)22-21(29)23-17(25)11-30-18(26)10-24-19(27)14-5-3-4-6-15(14)20(24)28/h3-4,7-9,14-15H,5-6,10-11H2,1-2H3,(H2,22,23,25,29)/t14-,15-/m0/s1. The van der Waals surface area contributed by atoms with Crippen LogP contribution < -0.4 is 10.6 Å². The van der Waals surface area contributed by atoms with E-state index in [1.807, 2.05) is 38.1 Å². The van der Waals surface area contributed by atoms with Crippen LogP contribution in [0.4, 0.5) is 10.5 Å². The lowest BCUT2D eigenvalue weighted by molar-refractivity contribution is -0.154. The van der Waals surface area contributed by atoms with Gasteiger partial charge in [0.05, 0.1) is 11.8 Å². The zero-order valence-electron chi connectivity index (χ0n) is 16.8. The Morgan fingerprint density at radius 2 is 1.70 bits per heavy atom. The van der Waals surface area contributed by atoms with Gasteiger partial charge in [-0.1, -0.05) is 29.8 Å². The van der Waals surface area contributed by atoms with E-state index in [9.17, 15) is 24.0 Å². The fourth-order valence-corrected chi connectivity index (χ4v) is 3.62. The number of likely N-dealkylation sites (tertiary alicyclic amines) is 1. The molecular formula is C21H23N3O6. The van der Waals surface area contributed by atoms with Crippen LogP contribution in [0.5, 0.6) is 0 Å². The lowest BCUT2D eigenvalue weighted by atomic mass is 9.85. The first kappa shape index (κ1) is 21.2. The van der Waals surface area contributed by atoms with Crippen molar-refractivity contribution >= 4 is 35.4 Å². The first-order chi connectivity index (χ1) is 14.3. The fourth-order valence-electron chi connectivity index (χ4n) is 3.62. The zero-order valence-corrected chi connectivity index (χ0v) is 16.8. The molecule has 9 nitrogen and oxygen atoms in total. The van der Waals surface area contributed by atoms with Gasteiger partial charge in [-0.3, -0.25) is 29.4 Å². The van der Waals surface area contributed by atoms with E-state index in [-0.39, 0.29) is 0 Å². The third kappa shape index (κ3) is 4.73. The summed E-state index contributed by atoms with van der Waals surface area (Å²) in [5.74, 6) is -3.40. The highest BCUT2D eigenvalue weighted by molar-refractivity contribution is 6.07. The van der Waals surface area contributed by atoms with E-state index in [0.717, 1.165) is 16.0 Å². The number of carbonyl (C=O) groups is 5. The van der Waals surface area contributed by atoms with Crippen LogP contribution in [0.15, 0.2) is 30.4 Å². The second-order valence-electron chi connectivity index (χ2n) is 7.40. The predicted octanol–water partition coefficient (Wildman–Crippen LogP) is 1.45. The van der Waals surface area contributed by atoms with Crippen molar-refractivity contribution in [1.82, 2.24) is 10.2 Å². The highest BCUT2D eigenvalue weighted by Gasteiger charge is 2.47. The second-order valence-corrected chi connectivity index (χ2v) is 7.40. The van der Waals surface area contributed by atoms with Crippen LogP contribution in [-0.2, 0) is 23.9 Å². The number of esters is 1. The van der Waals surface area contributed by atoms with Crippen LogP contribution in [0.2, 0.25) is 0 Å². The summed E-state index contributed by atoms with van der Waals surface area (Å²) < 4.78 is 4.81. The second kappa shape index (κ2) is 8.89. The third-order valence-corrected chi connectivity index (χ3v) is 5.13. The number of allylic oxidation sites excluding steroid dienone is 2. The minimum absolute atomic E-state index is 0.399. The van der Waals surface area contributed by atoms with E-state index >= 15 is 0 Å². The number of hydrogen-bond donors (Lipinski definition) is 2. The number of amides is 5. The van der Waals surface area contributed by atoms with Crippen molar-refractivity contribution in [1.29, 1.82) is 0 Å². The van der Waals surface area contributed by atoms with Crippen molar-refractivity contribution in [2.45, 2.75) is 26.7 Å². The number of aryl methyl sites for hydroxylation is 2. The number of rotatable bonds is 5. The van der Waals surface area contributed by atoms with Crippen molar-refractivity contribution in [3.8, 4) is 0 Å². The molecule has 0 unspecified atom stereocenters. The number of nitrogens with one attached hydrogen (secondary N) is 2. The highest BCUT2D eigenvalue weighted by Crippen LogP contribution is 2.34. The van der Waals surface area contributed by atoms with Crippen molar-refractivity contribution in [2.24, 2.45) is 11.8 Å². The summed E-state index contributed by atoms with van der Waals surface area (Å²) in [6, 6.07) is 4.65. The Balaban J connectivity index is 1.44. The third-order valence-electron chi connectivity index (χ3n) is 5.13.